The lowest BCUT2D eigenvalue weighted by atomic mass is 9.98. The molecular weight excluding hydrogens is 342 g/mol. The van der Waals surface area contributed by atoms with Gasteiger partial charge in [-0.25, -0.2) is 5.01 Å². The van der Waals surface area contributed by atoms with Crippen molar-refractivity contribution < 1.29 is 17.4 Å². The lowest BCUT2D eigenvalue weighted by Gasteiger charge is -2.20. The van der Waals surface area contributed by atoms with Crippen molar-refractivity contribution >= 4 is 21.9 Å². The summed E-state index contributed by atoms with van der Waals surface area (Å²) in [5, 5.41) is 10.7. The van der Waals surface area contributed by atoms with E-state index in [9.17, 15) is 13.2 Å². The Bertz CT molecular complexity index is 909. The largest absolute Gasteiger partial charge is 0.380 e. The summed E-state index contributed by atoms with van der Waals surface area (Å²) in [5.74, 6) is -0.0522. The third kappa shape index (κ3) is 4.04. The van der Waals surface area contributed by atoms with Crippen LogP contribution in [0.1, 0.15) is 30.5 Å². The van der Waals surface area contributed by atoms with E-state index in [2.05, 4.69) is 9.28 Å². The fraction of sp³-hybridized carbons (Fsp3) is 0.176. The zero-order chi connectivity index (χ0) is 18.0. The summed E-state index contributed by atoms with van der Waals surface area (Å²) in [6, 6.07) is 15.8. The quantitative estimate of drug-likeness (QED) is 0.901. The van der Waals surface area contributed by atoms with Crippen LogP contribution < -0.4 is 9.32 Å². The van der Waals surface area contributed by atoms with Gasteiger partial charge in [0.05, 0.1) is 11.8 Å². The average molecular weight is 359 g/mol. The fourth-order valence-corrected chi connectivity index (χ4v) is 3.12. The van der Waals surface area contributed by atoms with Crippen molar-refractivity contribution in [2.75, 3.05) is 0 Å². The molecule has 2 aromatic rings. The van der Waals surface area contributed by atoms with E-state index in [1.807, 2.05) is 30.3 Å². The predicted molar refractivity (Wildman–Crippen MR) is 93.0 cm³/mol. The van der Waals surface area contributed by atoms with Crippen molar-refractivity contribution in [3.05, 3.63) is 65.7 Å². The first-order valence-electron chi connectivity index (χ1n) is 7.58. The third-order valence-electron chi connectivity index (χ3n) is 3.82. The standard InChI is InChI=1S/C17H17N3O4S/c1-12(21)20-17(11-16(19-20)13-5-3-2-4-6-13)14-7-9-15(10-8-14)24-25(18,22)23/h2-10,17H,11H2,1H3,(H2,18,22,23). The Labute approximate surface area is 146 Å². The van der Waals surface area contributed by atoms with E-state index < -0.39 is 10.3 Å². The number of rotatable bonds is 4. The van der Waals surface area contributed by atoms with E-state index in [1.165, 1.54) is 24.1 Å². The summed E-state index contributed by atoms with van der Waals surface area (Å²) >= 11 is 0. The van der Waals surface area contributed by atoms with Gasteiger partial charge in [0, 0.05) is 13.3 Å². The van der Waals surface area contributed by atoms with Gasteiger partial charge >= 0.3 is 10.3 Å². The van der Waals surface area contributed by atoms with E-state index in [-0.39, 0.29) is 17.7 Å². The molecular formula is C17H17N3O4S. The summed E-state index contributed by atoms with van der Waals surface area (Å²) < 4.78 is 26.6. The molecule has 1 amide bonds. The third-order valence-corrected chi connectivity index (χ3v) is 4.24. The van der Waals surface area contributed by atoms with Crippen molar-refractivity contribution in [2.45, 2.75) is 19.4 Å². The van der Waals surface area contributed by atoms with E-state index in [4.69, 9.17) is 5.14 Å². The molecule has 1 heterocycles. The first-order valence-corrected chi connectivity index (χ1v) is 9.05. The Morgan fingerprint density at radius 1 is 1.16 bits per heavy atom. The highest BCUT2D eigenvalue weighted by molar-refractivity contribution is 7.84. The Hall–Kier alpha value is -2.71. The number of hydrogen-bond acceptors (Lipinski definition) is 5. The fourth-order valence-electron chi connectivity index (χ4n) is 2.74. The summed E-state index contributed by atoms with van der Waals surface area (Å²) in [6.07, 6.45) is 0.568. The Balaban J connectivity index is 1.85. The molecule has 1 unspecified atom stereocenters. The van der Waals surface area contributed by atoms with Crippen LogP contribution in [-0.4, -0.2) is 25.0 Å². The van der Waals surface area contributed by atoms with Crippen LogP contribution in [0.25, 0.3) is 0 Å². The number of nitrogens with two attached hydrogens (primary N) is 1. The van der Waals surface area contributed by atoms with Gasteiger partial charge in [-0.1, -0.05) is 42.5 Å². The molecule has 0 spiro atoms. The van der Waals surface area contributed by atoms with Crippen molar-refractivity contribution in [1.82, 2.24) is 5.01 Å². The molecule has 1 atom stereocenters. The molecule has 0 bridgehead atoms. The van der Waals surface area contributed by atoms with Crippen LogP contribution in [0.15, 0.2) is 59.7 Å². The lowest BCUT2D eigenvalue weighted by Crippen LogP contribution is -2.24. The van der Waals surface area contributed by atoms with Crippen LogP contribution >= 0.6 is 0 Å². The first kappa shape index (κ1) is 17.1. The number of nitrogens with zero attached hydrogens (tertiary/aromatic N) is 2. The van der Waals surface area contributed by atoms with E-state index >= 15 is 0 Å². The van der Waals surface area contributed by atoms with Gasteiger partial charge in [0.25, 0.3) is 0 Å². The molecule has 0 aromatic heterocycles. The lowest BCUT2D eigenvalue weighted by molar-refractivity contribution is -0.130. The van der Waals surface area contributed by atoms with Gasteiger partial charge in [0.2, 0.25) is 5.91 Å². The van der Waals surface area contributed by atoms with Crippen LogP contribution in [0, 0.1) is 0 Å². The van der Waals surface area contributed by atoms with Crippen LogP contribution in [-0.2, 0) is 15.1 Å². The molecule has 130 valence electrons. The minimum atomic E-state index is -4.07. The monoisotopic (exact) mass is 359 g/mol. The van der Waals surface area contributed by atoms with Gasteiger partial charge in [0.1, 0.15) is 5.75 Å². The average Bonchev–Trinajstić information content (AvgIpc) is 3.00. The number of carbonyl (C=O) groups excluding carboxylic acids is 1. The highest BCUT2D eigenvalue weighted by Crippen LogP contribution is 2.33. The maximum absolute atomic E-state index is 12.0. The Kier molecular flexibility index (Phi) is 4.56. The number of benzene rings is 2. The van der Waals surface area contributed by atoms with E-state index in [0.717, 1.165) is 16.8 Å². The van der Waals surface area contributed by atoms with Gasteiger partial charge in [-0.3, -0.25) is 4.79 Å². The number of amides is 1. The highest BCUT2D eigenvalue weighted by atomic mass is 32.2. The molecule has 3 rings (SSSR count). The second-order valence-corrected chi connectivity index (χ2v) is 6.79. The molecule has 0 aliphatic carbocycles. The van der Waals surface area contributed by atoms with Crippen LogP contribution in [0.4, 0.5) is 0 Å². The number of carbonyl (C=O) groups is 1. The predicted octanol–water partition coefficient (Wildman–Crippen LogP) is 1.97. The molecule has 2 N–H and O–H groups in total. The summed E-state index contributed by atoms with van der Waals surface area (Å²) in [4.78, 5) is 12.0. The molecule has 1 aliphatic rings. The number of hydrogen-bond donors (Lipinski definition) is 1. The number of hydrazone groups is 1. The van der Waals surface area contributed by atoms with Gasteiger partial charge in [-0.05, 0) is 23.3 Å². The molecule has 0 radical (unpaired) electrons. The minimum Gasteiger partial charge on any atom is -0.371 e. The molecule has 0 saturated carbocycles. The molecule has 0 saturated heterocycles. The Morgan fingerprint density at radius 2 is 1.80 bits per heavy atom. The van der Waals surface area contributed by atoms with Gasteiger partial charge in [0.15, 0.2) is 0 Å². The van der Waals surface area contributed by atoms with Crippen LogP contribution in [0.2, 0.25) is 0 Å². The SMILES string of the molecule is CC(=O)N1N=C(c2ccccc2)CC1c1ccc(OS(N)(=O)=O)cc1. The minimum absolute atomic E-state index is 0.114. The van der Waals surface area contributed by atoms with Gasteiger partial charge in [-0.15, -0.1) is 0 Å². The van der Waals surface area contributed by atoms with E-state index in [0.29, 0.717) is 6.42 Å². The van der Waals surface area contributed by atoms with Crippen LogP contribution in [0.3, 0.4) is 0 Å². The maximum atomic E-state index is 12.0. The molecule has 1 aliphatic heterocycles. The second-order valence-electron chi connectivity index (χ2n) is 5.64. The van der Waals surface area contributed by atoms with Gasteiger partial charge in [-0.2, -0.15) is 18.7 Å². The normalized spacial score (nSPS) is 17.3. The van der Waals surface area contributed by atoms with Crippen molar-refractivity contribution in [2.24, 2.45) is 10.2 Å². The second kappa shape index (κ2) is 6.66. The molecule has 2 aromatic carbocycles. The van der Waals surface area contributed by atoms with Gasteiger partial charge < -0.3 is 4.18 Å². The summed E-state index contributed by atoms with van der Waals surface area (Å²) in [6.45, 7) is 1.46. The van der Waals surface area contributed by atoms with Crippen LogP contribution in [0.5, 0.6) is 5.75 Å². The van der Waals surface area contributed by atoms with Crippen molar-refractivity contribution in [3.63, 3.8) is 0 Å². The van der Waals surface area contributed by atoms with Crippen molar-refractivity contribution in [1.29, 1.82) is 0 Å². The summed E-state index contributed by atoms with van der Waals surface area (Å²) in [7, 11) is -4.07. The van der Waals surface area contributed by atoms with E-state index in [1.54, 1.807) is 12.1 Å². The first-order chi connectivity index (χ1) is 11.8. The molecule has 0 fully saturated rings. The molecule has 7 nitrogen and oxygen atoms in total. The summed E-state index contributed by atoms with van der Waals surface area (Å²) in [5.41, 5.74) is 2.61. The topological polar surface area (TPSA) is 102 Å². The zero-order valence-electron chi connectivity index (χ0n) is 13.5. The Morgan fingerprint density at radius 3 is 2.36 bits per heavy atom. The maximum Gasteiger partial charge on any atom is 0.380 e. The molecule has 25 heavy (non-hydrogen) atoms. The van der Waals surface area contributed by atoms with Crippen molar-refractivity contribution in [3.8, 4) is 5.75 Å². The smallest absolute Gasteiger partial charge is 0.371 e. The molecule has 8 heteroatoms. The zero-order valence-corrected chi connectivity index (χ0v) is 14.3. The highest BCUT2D eigenvalue weighted by Gasteiger charge is 2.31.